The highest BCUT2D eigenvalue weighted by Gasteiger charge is 2.06. The topological polar surface area (TPSA) is 37.3 Å². The van der Waals surface area contributed by atoms with Gasteiger partial charge in [-0.1, -0.05) is 35.9 Å². The zero-order valence-corrected chi connectivity index (χ0v) is 12.8. The lowest BCUT2D eigenvalue weighted by Crippen LogP contribution is -1.97. The van der Waals surface area contributed by atoms with E-state index < -0.39 is 5.97 Å². The van der Waals surface area contributed by atoms with Gasteiger partial charge in [-0.05, 0) is 66.3 Å². The number of rotatable bonds is 4. The van der Waals surface area contributed by atoms with Crippen LogP contribution >= 0.6 is 11.6 Å². The lowest BCUT2D eigenvalue weighted by Gasteiger charge is -2.12. The summed E-state index contributed by atoms with van der Waals surface area (Å²) in [5.41, 5.74) is 5.71. The molecule has 0 bridgehead atoms. The summed E-state index contributed by atoms with van der Waals surface area (Å²) in [5.74, 6) is -0.935. The molecular formula is C18H17ClO2. The maximum atomic E-state index is 10.6. The summed E-state index contributed by atoms with van der Waals surface area (Å²) in [5, 5.41) is 9.43. The molecule has 2 aromatic rings. The lowest BCUT2D eigenvalue weighted by molar-refractivity contribution is -0.131. The van der Waals surface area contributed by atoms with Crippen LogP contribution in [-0.2, 0) is 11.2 Å². The van der Waals surface area contributed by atoms with Gasteiger partial charge in [0.25, 0.3) is 0 Å². The van der Waals surface area contributed by atoms with Gasteiger partial charge >= 0.3 is 5.97 Å². The molecule has 3 heteroatoms. The molecule has 0 spiro atoms. The number of carbonyl (C=O) groups is 1. The number of aliphatic carboxylic acids is 1. The Bertz CT molecular complexity index is 662. The van der Waals surface area contributed by atoms with Gasteiger partial charge in [0.05, 0.1) is 0 Å². The average molecular weight is 301 g/mol. The average Bonchev–Trinajstić information content (AvgIpc) is 2.42. The first-order valence-electron chi connectivity index (χ1n) is 6.71. The fraction of sp³-hybridized carbons (Fsp3) is 0.167. The van der Waals surface area contributed by atoms with E-state index in [-0.39, 0.29) is 0 Å². The summed E-state index contributed by atoms with van der Waals surface area (Å²) in [6.07, 6.45) is 3.62. The standard InChI is InChI=1S/C18H17ClO2/c1-12-9-15(5-8-18(20)21)10-13(2)17(12)11-14-3-6-16(19)7-4-14/h3-10H,11H2,1-2H3,(H,20,21)/b8-5+. The van der Waals surface area contributed by atoms with E-state index in [4.69, 9.17) is 16.7 Å². The number of benzene rings is 2. The van der Waals surface area contributed by atoms with Gasteiger partial charge in [0.15, 0.2) is 0 Å². The molecule has 21 heavy (non-hydrogen) atoms. The minimum Gasteiger partial charge on any atom is -0.478 e. The molecule has 0 saturated heterocycles. The van der Waals surface area contributed by atoms with E-state index in [1.165, 1.54) is 11.1 Å². The smallest absolute Gasteiger partial charge is 0.328 e. The molecule has 0 radical (unpaired) electrons. The van der Waals surface area contributed by atoms with Gasteiger partial charge in [0.1, 0.15) is 0 Å². The SMILES string of the molecule is Cc1cc(/C=C/C(=O)O)cc(C)c1Cc1ccc(Cl)cc1. The third-order valence-corrected chi connectivity index (χ3v) is 3.68. The van der Waals surface area contributed by atoms with Gasteiger partial charge in [-0.2, -0.15) is 0 Å². The van der Waals surface area contributed by atoms with Crippen molar-refractivity contribution in [3.8, 4) is 0 Å². The van der Waals surface area contributed by atoms with Crippen LogP contribution in [0.3, 0.4) is 0 Å². The van der Waals surface area contributed by atoms with Gasteiger partial charge < -0.3 is 5.11 Å². The van der Waals surface area contributed by atoms with Gasteiger partial charge in [0, 0.05) is 11.1 Å². The van der Waals surface area contributed by atoms with E-state index >= 15 is 0 Å². The molecule has 0 aliphatic carbocycles. The minimum absolute atomic E-state index is 0.737. The van der Waals surface area contributed by atoms with E-state index in [2.05, 4.69) is 13.8 Å². The monoisotopic (exact) mass is 300 g/mol. The van der Waals surface area contributed by atoms with Crippen molar-refractivity contribution in [3.05, 3.63) is 75.3 Å². The van der Waals surface area contributed by atoms with Crippen molar-refractivity contribution in [3.63, 3.8) is 0 Å². The molecule has 1 N–H and O–H groups in total. The van der Waals surface area contributed by atoms with Crippen LogP contribution < -0.4 is 0 Å². The van der Waals surface area contributed by atoms with Gasteiger partial charge in [-0.25, -0.2) is 4.79 Å². The molecule has 0 aliphatic heterocycles. The predicted octanol–water partition coefficient (Wildman–Crippen LogP) is 4.65. The maximum absolute atomic E-state index is 10.6. The highest BCUT2D eigenvalue weighted by molar-refractivity contribution is 6.30. The number of hydrogen-bond donors (Lipinski definition) is 1. The number of hydrogen-bond acceptors (Lipinski definition) is 1. The molecule has 0 saturated carbocycles. The normalized spacial score (nSPS) is 11.0. The first kappa shape index (κ1) is 15.3. The molecule has 0 unspecified atom stereocenters. The van der Waals surface area contributed by atoms with Crippen molar-refractivity contribution in [1.29, 1.82) is 0 Å². The summed E-state index contributed by atoms with van der Waals surface area (Å²) >= 11 is 5.90. The second-order valence-electron chi connectivity index (χ2n) is 5.11. The molecule has 0 fully saturated rings. The third kappa shape index (κ3) is 4.20. The van der Waals surface area contributed by atoms with Gasteiger partial charge in [-0.3, -0.25) is 0 Å². The van der Waals surface area contributed by atoms with Gasteiger partial charge in [-0.15, -0.1) is 0 Å². The van der Waals surface area contributed by atoms with Crippen LogP contribution in [0.25, 0.3) is 6.08 Å². The quantitative estimate of drug-likeness (QED) is 0.835. The number of halogens is 1. The fourth-order valence-electron chi connectivity index (χ4n) is 2.38. The molecule has 2 nitrogen and oxygen atoms in total. The third-order valence-electron chi connectivity index (χ3n) is 3.43. The van der Waals surface area contributed by atoms with Crippen molar-refractivity contribution in [2.75, 3.05) is 0 Å². The molecule has 2 aromatic carbocycles. The molecule has 0 heterocycles. The van der Waals surface area contributed by atoms with Crippen LogP contribution in [0.2, 0.25) is 5.02 Å². The fourth-order valence-corrected chi connectivity index (χ4v) is 2.50. The lowest BCUT2D eigenvalue weighted by atomic mass is 9.94. The van der Waals surface area contributed by atoms with Crippen LogP contribution in [-0.4, -0.2) is 11.1 Å². The summed E-state index contributed by atoms with van der Waals surface area (Å²) in [6.45, 7) is 4.10. The van der Waals surface area contributed by atoms with E-state index in [0.29, 0.717) is 0 Å². The number of carboxylic acid groups (broad SMARTS) is 1. The first-order chi connectivity index (χ1) is 9.95. The summed E-state index contributed by atoms with van der Waals surface area (Å²) < 4.78 is 0. The van der Waals surface area contributed by atoms with Gasteiger partial charge in [0.2, 0.25) is 0 Å². The van der Waals surface area contributed by atoms with Crippen molar-refractivity contribution in [2.45, 2.75) is 20.3 Å². The van der Waals surface area contributed by atoms with Crippen LogP contribution in [0, 0.1) is 13.8 Å². The molecule has 108 valence electrons. The van der Waals surface area contributed by atoms with Crippen molar-refractivity contribution in [1.82, 2.24) is 0 Å². The Balaban J connectivity index is 2.28. The Morgan fingerprint density at radius 1 is 1.14 bits per heavy atom. The molecule has 0 amide bonds. The van der Waals surface area contributed by atoms with Crippen LogP contribution in [0.5, 0.6) is 0 Å². The van der Waals surface area contributed by atoms with E-state index in [1.54, 1.807) is 6.08 Å². The molecule has 0 atom stereocenters. The molecular weight excluding hydrogens is 284 g/mol. The first-order valence-corrected chi connectivity index (χ1v) is 7.09. The molecule has 2 rings (SSSR count). The summed E-state index contributed by atoms with van der Waals surface area (Å²) in [6, 6.07) is 11.9. The number of carboxylic acids is 1. The Morgan fingerprint density at radius 3 is 2.24 bits per heavy atom. The Hall–Kier alpha value is -2.06. The van der Waals surface area contributed by atoms with E-state index in [0.717, 1.165) is 34.2 Å². The second kappa shape index (κ2) is 6.59. The molecule has 0 aliphatic rings. The Morgan fingerprint density at radius 2 is 1.71 bits per heavy atom. The zero-order chi connectivity index (χ0) is 15.4. The largest absolute Gasteiger partial charge is 0.478 e. The van der Waals surface area contributed by atoms with Crippen LogP contribution in [0.1, 0.15) is 27.8 Å². The Labute approximate surface area is 129 Å². The van der Waals surface area contributed by atoms with Crippen molar-refractivity contribution < 1.29 is 9.90 Å². The zero-order valence-electron chi connectivity index (χ0n) is 12.1. The van der Waals surface area contributed by atoms with Crippen LogP contribution in [0.4, 0.5) is 0 Å². The summed E-state index contributed by atoms with van der Waals surface area (Å²) in [4.78, 5) is 10.6. The predicted molar refractivity (Wildman–Crippen MR) is 86.8 cm³/mol. The van der Waals surface area contributed by atoms with Crippen LogP contribution in [0.15, 0.2) is 42.5 Å². The maximum Gasteiger partial charge on any atom is 0.328 e. The van der Waals surface area contributed by atoms with E-state index in [9.17, 15) is 4.79 Å². The molecule has 0 aromatic heterocycles. The van der Waals surface area contributed by atoms with E-state index in [1.807, 2.05) is 36.4 Å². The highest BCUT2D eigenvalue weighted by atomic mass is 35.5. The highest BCUT2D eigenvalue weighted by Crippen LogP contribution is 2.22. The minimum atomic E-state index is -0.935. The Kier molecular flexibility index (Phi) is 4.81. The summed E-state index contributed by atoms with van der Waals surface area (Å²) in [7, 11) is 0. The van der Waals surface area contributed by atoms with Crippen molar-refractivity contribution >= 4 is 23.6 Å². The van der Waals surface area contributed by atoms with Crippen molar-refractivity contribution in [2.24, 2.45) is 0 Å². The number of aryl methyl sites for hydroxylation is 2. The second-order valence-corrected chi connectivity index (χ2v) is 5.54.